The van der Waals surface area contributed by atoms with E-state index in [0.717, 1.165) is 12.8 Å². The lowest BCUT2D eigenvalue weighted by Gasteiger charge is -2.27. The molecule has 1 saturated carbocycles. The largest absolute Gasteiger partial charge is 0.480 e. The molecule has 0 aromatic carbocycles. The number of carbonyl (C=O) groups excluding carboxylic acids is 2. The van der Waals surface area contributed by atoms with Crippen molar-refractivity contribution >= 4 is 33.6 Å². The highest BCUT2D eigenvalue weighted by atomic mass is 79.9. The minimum absolute atomic E-state index is 0.119. The molecule has 9 heteroatoms. The number of ether oxygens (including phenoxy) is 2. The number of aromatic nitrogens is 1. The fourth-order valence-corrected chi connectivity index (χ4v) is 4.26. The maximum Gasteiger partial charge on any atom is 0.405 e. The molecule has 1 saturated heterocycles. The topological polar surface area (TPSA) is 107 Å². The minimum Gasteiger partial charge on any atom is -0.480 e. The third-order valence-electron chi connectivity index (χ3n) is 5.19. The average molecular weight is 441 g/mol. The number of pyridine rings is 1. The Hall–Kier alpha value is -2.03. The molecule has 148 valence electrons. The second-order valence-electron chi connectivity index (χ2n) is 7.49. The lowest BCUT2D eigenvalue weighted by molar-refractivity contribution is 0.0480. The lowest BCUT2D eigenvalue weighted by Crippen LogP contribution is -2.38. The summed E-state index contributed by atoms with van der Waals surface area (Å²) in [7, 11) is 1.52. The van der Waals surface area contributed by atoms with E-state index in [4.69, 9.17) is 15.2 Å². The molecule has 2 heterocycles. The summed E-state index contributed by atoms with van der Waals surface area (Å²) in [5, 5.41) is 3.07. The van der Waals surface area contributed by atoms with Gasteiger partial charge >= 0.3 is 6.09 Å². The number of hydrogen-bond donors (Lipinski definition) is 2. The number of carbonyl (C=O) groups is 2. The molecule has 1 aliphatic heterocycles. The van der Waals surface area contributed by atoms with Crippen LogP contribution >= 0.6 is 15.9 Å². The number of anilines is 1. The van der Waals surface area contributed by atoms with Gasteiger partial charge in [-0.1, -0.05) is 0 Å². The van der Waals surface area contributed by atoms with Gasteiger partial charge in [-0.3, -0.25) is 4.79 Å². The van der Waals surface area contributed by atoms with Crippen LogP contribution in [0.5, 0.6) is 5.88 Å². The molecule has 1 aromatic heterocycles. The maximum absolute atomic E-state index is 12.9. The Kier molecular flexibility index (Phi) is 5.50. The van der Waals surface area contributed by atoms with Crippen LogP contribution < -0.4 is 20.7 Å². The summed E-state index contributed by atoms with van der Waals surface area (Å²) in [6.45, 7) is 4.88. The number of nitrogens with one attached hydrogen (secondary N) is 1. The van der Waals surface area contributed by atoms with Crippen molar-refractivity contribution in [2.45, 2.75) is 44.8 Å². The Bertz CT molecular complexity index is 755. The van der Waals surface area contributed by atoms with Crippen molar-refractivity contribution in [2.24, 2.45) is 11.7 Å². The molecule has 0 spiro atoms. The highest BCUT2D eigenvalue weighted by molar-refractivity contribution is 9.10. The summed E-state index contributed by atoms with van der Waals surface area (Å²) >= 11 is 3.52. The molecule has 1 aromatic rings. The van der Waals surface area contributed by atoms with Crippen molar-refractivity contribution in [3.63, 3.8) is 0 Å². The zero-order chi connectivity index (χ0) is 19.8. The number of amides is 2. The molecule has 3 rings (SSSR count). The fraction of sp³-hybridized carbons (Fsp3) is 0.611. The van der Waals surface area contributed by atoms with Gasteiger partial charge in [0.15, 0.2) is 0 Å². The van der Waals surface area contributed by atoms with Crippen molar-refractivity contribution in [3.8, 4) is 5.88 Å². The highest BCUT2D eigenvalue weighted by Crippen LogP contribution is 2.40. The molecular formula is C18H25BrN4O4. The van der Waals surface area contributed by atoms with Crippen molar-refractivity contribution in [1.29, 1.82) is 0 Å². The van der Waals surface area contributed by atoms with Crippen LogP contribution in [0, 0.1) is 5.92 Å². The molecule has 0 unspecified atom stereocenters. The van der Waals surface area contributed by atoms with E-state index in [1.807, 2.05) is 18.7 Å². The Morgan fingerprint density at radius 3 is 2.78 bits per heavy atom. The van der Waals surface area contributed by atoms with Gasteiger partial charge in [-0.15, -0.1) is 0 Å². The Morgan fingerprint density at radius 1 is 1.48 bits per heavy atom. The van der Waals surface area contributed by atoms with E-state index in [9.17, 15) is 9.59 Å². The van der Waals surface area contributed by atoms with E-state index in [1.54, 1.807) is 0 Å². The van der Waals surface area contributed by atoms with Crippen LogP contribution in [0.3, 0.4) is 0 Å². The summed E-state index contributed by atoms with van der Waals surface area (Å²) in [6.07, 6.45) is 3.62. The Morgan fingerprint density at radius 2 is 2.19 bits per heavy atom. The number of nitrogens with zero attached hydrogens (tertiary/aromatic N) is 2. The molecular weight excluding hydrogens is 416 g/mol. The first-order valence-electron chi connectivity index (χ1n) is 9.01. The van der Waals surface area contributed by atoms with Gasteiger partial charge in [0.25, 0.3) is 5.91 Å². The molecule has 1 aliphatic carbocycles. The Labute approximate surface area is 166 Å². The number of methoxy groups -OCH3 is 1. The minimum atomic E-state index is -0.804. The van der Waals surface area contributed by atoms with Gasteiger partial charge in [-0.2, -0.15) is 0 Å². The number of primary amides is 1. The van der Waals surface area contributed by atoms with E-state index in [0.29, 0.717) is 47.0 Å². The summed E-state index contributed by atoms with van der Waals surface area (Å²) < 4.78 is 11.2. The fourth-order valence-electron chi connectivity index (χ4n) is 3.53. The maximum atomic E-state index is 12.9. The third-order valence-corrected chi connectivity index (χ3v) is 5.90. The number of nitrogens with two attached hydrogens (primary N) is 1. The molecule has 2 atom stereocenters. The van der Waals surface area contributed by atoms with Crippen LogP contribution in [0.4, 0.5) is 10.5 Å². The number of rotatable bonds is 6. The highest BCUT2D eigenvalue weighted by Gasteiger charge is 2.40. The molecule has 8 nitrogen and oxygen atoms in total. The number of hydrogen-bond acceptors (Lipinski definition) is 6. The summed E-state index contributed by atoms with van der Waals surface area (Å²) in [4.78, 5) is 30.4. The van der Waals surface area contributed by atoms with Gasteiger partial charge < -0.3 is 25.4 Å². The quantitative estimate of drug-likeness (QED) is 0.703. The second kappa shape index (κ2) is 7.53. The van der Waals surface area contributed by atoms with Gasteiger partial charge in [0, 0.05) is 25.2 Å². The normalized spacial score (nSPS) is 23.0. The molecule has 0 bridgehead atoms. The van der Waals surface area contributed by atoms with Crippen LogP contribution in [0.25, 0.3) is 0 Å². The zero-order valence-corrected chi connectivity index (χ0v) is 17.3. The van der Waals surface area contributed by atoms with Crippen molar-refractivity contribution in [3.05, 3.63) is 16.2 Å². The average Bonchev–Trinajstić information content (AvgIpc) is 3.37. The SMILES string of the molecule is COc1ncc(C(=O)N[C@@H](C)C2CC2)c(N2CC[C@](C)(OC(N)=O)C2)c1Br. The van der Waals surface area contributed by atoms with Gasteiger partial charge in [0.1, 0.15) is 10.1 Å². The van der Waals surface area contributed by atoms with Crippen LogP contribution in [0.1, 0.15) is 43.5 Å². The molecule has 2 amide bonds. The second-order valence-corrected chi connectivity index (χ2v) is 8.28. The Balaban J connectivity index is 1.90. The van der Waals surface area contributed by atoms with Gasteiger partial charge in [0.05, 0.1) is 24.9 Å². The van der Waals surface area contributed by atoms with E-state index in [2.05, 4.69) is 26.2 Å². The smallest absolute Gasteiger partial charge is 0.405 e. The van der Waals surface area contributed by atoms with Crippen LogP contribution in [0.2, 0.25) is 0 Å². The van der Waals surface area contributed by atoms with Crippen molar-refractivity contribution < 1.29 is 19.1 Å². The van der Waals surface area contributed by atoms with Crippen LogP contribution in [-0.4, -0.2) is 48.8 Å². The summed E-state index contributed by atoms with van der Waals surface area (Å²) in [5.41, 5.74) is 5.63. The molecule has 2 fully saturated rings. The van der Waals surface area contributed by atoms with Crippen molar-refractivity contribution in [2.75, 3.05) is 25.1 Å². The molecule has 2 aliphatic rings. The predicted molar refractivity (Wildman–Crippen MR) is 104 cm³/mol. The van der Waals surface area contributed by atoms with Gasteiger partial charge in [-0.25, -0.2) is 9.78 Å². The first kappa shape index (κ1) is 19.7. The lowest BCUT2D eigenvalue weighted by atomic mass is 10.1. The number of halogens is 1. The first-order valence-corrected chi connectivity index (χ1v) is 9.80. The van der Waals surface area contributed by atoms with Crippen LogP contribution in [-0.2, 0) is 4.74 Å². The van der Waals surface area contributed by atoms with Crippen molar-refractivity contribution in [1.82, 2.24) is 10.3 Å². The van der Waals surface area contributed by atoms with E-state index < -0.39 is 11.7 Å². The van der Waals surface area contributed by atoms with Gasteiger partial charge in [0.2, 0.25) is 5.88 Å². The van der Waals surface area contributed by atoms with Crippen LogP contribution in [0.15, 0.2) is 10.7 Å². The van der Waals surface area contributed by atoms with Gasteiger partial charge in [-0.05, 0) is 48.5 Å². The zero-order valence-electron chi connectivity index (χ0n) is 15.8. The summed E-state index contributed by atoms with van der Waals surface area (Å²) in [5.74, 6) is 0.761. The monoisotopic (exact) mass is 440 g/mol. The van der Waals surface area contributed by atoms with E-state index in [1.165, 1.54) is 13.3 Å². The summed E-state index contributed by atoms with van der Waals surface area (Å²) in [6, 6.07) is 0.119. The standard InChI is InChI=1S/C18H25BrN4O4/c1-10(11-4-5-11)22-15(24)12-8-21-16(26-3)13(19)14(12)23-7-6-18(2,9-23)27-17(20)25/h8,10-11H,4-7,9H2,1-3H3,(H2,20,25)(H,22,24)/t10-,18-/m0/s1. The first-order chi connectivity index (χ1) is 12.7. The van der Waals surface area contributed by atoms with E-state index >= 15 is 0 Å². The molecule has 0 radical (unpaired) electrons. The third kappa shape index (κ3) is 4.28. The molecule has 27 heavy (non-hydrogen) atoms. The molecule has 3 N–H and O–H groups in total. The van der Waals surface area contributed by atoms with E-state index in [-0.39, 0.29) is 11.9 Å². The predicted octanol–water partition coefficient (Wildman–Crippen LogP) is 2.45.